The molecule has 0 unspecified atom stereocenters. The fourth-order valence-corrected chi connectivity index (χ4v) is 5.16. The summed E-state index contributed by atoms with van der Waals surface area (Å²) >= 11 is 1.51. The van der Waals surface area contributed by atoms with Crippen molar-refractivity contribution in [3.8, 4) is 22.8 Å². The monoisotopic (exact) mass is 563 g/mol. The Morgan fingerprint density at radius 3 is 2.02 bits per heavy atom. The standard InChI is InChI=1S/C31H29N7O2S/c1-39-22-8-4-20(5-9-22)18-35-24-12-15-32-29-28(24)27(25-13-16-34-31(37-25)41-3)26-14-17-33-30(38(26)29)36-19-21-6-10-23(40-2)11-7-21/h4-17H,18-19H2,1-3H3,(H,32,35)(H,33,36). The number of pyridine rings is 1. The molecule has 0 aliphatic carbocycles. The van der Waals surface area contributed by atoms with Crippen LogP contribution in [0.1, 0.15) is 11.1 Å². The maximum absolute atomic E-state index is 5.31. The number of hydrogen-bond donors (Lipinski definition) is 2. The number of benzene rings is 2. The Morgan fingerprint density at radius 2 is 1.37 bits per heavy atom. The zero-order chi connectivity index (χ0) is 28.2. The highest BCUT2D eigenvalue weighted by molar-refractivity contribution is 7.98. The zero-order valence-corrected chi connectivity index (χ0v) is 23.8. The van der Waals surface area contributed by atoms with Crippen LogP contribution in [0.3, 0.4) is 0 Å². The topological polar surface area (TPSA) is 98.5 Å². The second-order valence-electron chi connectivity index (χ2n) is 9.25. The minimum Gasteiger partial charge on any atom is -0.497 e. The van der Waals surface area contributed by atoms with Crippen LogP contribution in [0.15, 0.2) is 90.5 Å². The Kier molecular flexibility index (Phi) is 7.55. The van der Waals surface area contributed by atoms with Gasteiger partial charge in [0, 0.05) is 42.9 Å². The molecule has 4 aromatic heterocycles. The quantitative estimate of drug-likeness (QED) is 0.147. The first kappa shape index (κ1) is 26.4. The summed E-state index contributed by atoms with van der Waals surface area (Å²) in [6.45, 7) is 1.22. The van der Waals surface area contributed by atoms with Gasteiger partial charge in [0.05, 0.1) is 30.8 Å². The minimum absolute atomic E-state index is 0.588. The number of rotatable bonds is 10. The fourth-order valence-electron chi connectivity index (χ4n) is 4.80. The molecule has 0 spiro atoms. The molecule has 9 nitrogen and oxygen atoms in total. The first-order valence-electron chi connectivity index (χ1n) is 13.1. The van der Waals surface area contributed by atoms with E-state index < -0.39 is 0 Å². The smallest absolute Gasteiger partial charge is 0.209 e. The molecule has 2 aromatic carbocycles. The van der Waals surface area contributed by atoms with Gasteiger partial charge in [-0.2, -0.15) is 0 Å². The van der Waals surface area contributed by atoms with Crippen molar-refractivity contribution in [3.63, 3.8) is 0 Å². The number of nitrogens with zero attached hydrogens (tertiary/aromatic N) is 5. The third-order valence-corrected chi connectivity index (χ3v) is 7.42. The van der Waals surface area contributed by atoms with Gasteiger partial charge < -0.3 is 20.1 Å². The number of ether oxygens (including phenoxy) is 2. The van der Waals surface area contributed by atoms with Crippen LogP contribution in [0.25, 0.3) is 27.8 Å². The van der Waals surface area contributed by atoms with Crippen molar-refractivity contribution in [1.29, 1.82) is 0 Å². The molecule has 0 saturated heterocycles. The lowest BCUT2D eigenvalue weighted by atomic mass is 10.1. The van der Waals surface area contributed by atoms with Crippen molar-refractivity contribution in [2.45, 2.75) is 18.2 Å². The highest BCUT2D eigenvalue weighted by Gasteiger charge is 2.21. The highest BCUT2D eigenvalue weighted by atomic mass is 32.2. The van der Waals surface area contributed by atoms with Crippen molar-refractivity contribution in [2.24, 2.45) is 0 Å². The molecule has 0 bridgehead atoms. The van der Waals surface area contributed by atoms with Gasteiger partial charge in [-0.1, -0.05) is 36.0 Å². The molecule has 0 fully saturated rings. The van der Waals surface area contributed by atoms with Crippen LogP contribution in [0.4, 0.5) is 11.6 Å². The van der Waals surface area contributed by atoms with Crippen molar-refractivity contribution in [3.05, 3.63) is 96.4 Å². The molecular formula is C31H29N7O2S. The van der Waals surface area contributed by atoms with E-state index in [9.17, 15) is 0 Å². The normalized spacial score (nSPS) is 11.1. The summed E-state index contributed by atoms with van der Waals surface area (Å²) in [5.74, 6) is 2.34. The molecule has 2 N–H and O–H groups in total. The molecule has 0 aliphatic heterocycles. The molecular weight excluding hydrogens is 534 g/mol. The number of aromatic nitrogens is 5. The summed E-state index contributed by atoms with van der Waals surface area (Å²) in [4.78, 5) is 18.8. The molecule has 6 aromatic rings. The van der Waals surface area contributed by atoms with Crippen LogP contribution in [0, 0.1) is 0 Å². The number of hydrogen-bond acceptors (Lipinski definition) is 9. The molecule has 0 radical (unpaired) electrons. The third-order valence-electron chi connectivity index (χ3n) is 6.85. The lowest BCUT2D eigenvalue weighted by Crippen LogP contribution is -2.06. The predicted octanol–water partition coefficient (Wildman–Crippen LogP) is 6.30. The molecule has 0 aliphatic rings. The van der Waals surface area contributed by atoms with E-state index >= 15 is 0 Å². The first-order valence-corrected chi connectivity index (χ1v) is 14.3. The third kappa shape index (κ3) is 5.33. The number of fused-ring (bicyclic) bond motifs is 3. The Bertz CT molecular complexity index is 1800. The van der Waals surface area contributed by atoms with Crippen LogP contribution in [-0.2, 0) is 13.1 Å². The van der Waals surface area contributed by atoms with Gasteiger partial charge in [-0.25, -0.2) is 19.9 Å². The van der Waals surface area contributed by atoms with Gasteiger partial charge in [0.25, 0.3) is 0 Å². The Morgan fingerprint density at radius 1 is 0.732 bits per heavy atom. The Hall–Kier alpha value is -4.83. The first-order chi connectivity index (χ1) is 20.2. The number of nitrogens with one attached hydrogen (secondary N) is 2. The summed E-state index contributed by atoms with van der Waals surface area (Å²) < 4.78 is 12.7. The van der Waals surface area contributed by atoms with Crippen LogP contribution in [0.2, 0.25) is 0 Å². The van der Waals surface area contributed by atoms with E-state index in [0.29, 0.717) is 24.2 Å². The van der Waals surface area contributed by atoms with Crippen LogP contribution < -0.4 is 20.1 Å². The number of methoxy groups -OCH3 is 2. The lowest BCUT2D eigenvalue weighted by molar-refractivity contribution is 0.414. The molecule has 0 amide bonds. The molecule has 0 saturated carbocycles. The molecule has 41 heavy (non-hydrogen) atoms. The van der Waals surface area contributed by atoms with E-state index in [-0.39, 0.29) is 0 Å². The summed E-state index contributed by atoms with van der Waals surface area (Å²) in [7, 11) is 3.34. The van der Waals surface area contributed by atoms with E-state index in [1.807, 2.05) is 73.2 Å². The SMILES string of the molecule is COc1ccc(CNc2ccnc3c2c(-c2ccnc(SC)n2)c2ccnc(NCc4ccc(OC)cc4)n23)cc1. The van der Waals surface area contributed by atoms with E-state index in [0.717, 1.165) is 56.1 Å². The second-order valence-corrected chi connectivity index (χ2v) is 10.0. The lowest BCUT2D eigenvalue weighted by Gasteiger charge is -2.10. The zero-order valence-electron chi connectivity index (χ0n) is 23.0. The van der Waals surface area contributed by atoms with Crippen LogP contribution in [0.5, 0.6) is 11.5 Å². The van der Waals surface area contributed by atoms with Crippen LogP contribution >= 0.6 is 11.8 Å². The minimum atomic E-state index is 0.588. The highest BCUT2D eigenvalue weighted by Crippen LogP contribution is 2.39. The van der Waals surface area contributed by atoms with Gasteiger partial charge >= 0.3 is 0 Å². The van der Waals surface area contributed by atoms with E-state index in [1.165, 1.54) is 11.8 Å². The Balaban J connectivity index is 1.46. The van der Waals surface area contributed by atoms with Gasteiger partial charge in [0.1, 0.15) is 17.1 Å². The second kappa shape index (κ2) is 11.7. The molecule has 6 rings (SSSR count). The molecule has 10 heteroatoms. The maximum atomic E-state index is 5.31. The summed E-state index contributed by atoms with van der Waals surface area (Å²) in [6.07, 6.45) is 7.41. The average molecular weight is 564 g/mol. The van der Waals surface area contributed by atoms with Gasteiger partial charge in [-0.05, 0) is 59.8 Å². The van der Waals surface area contributed by atoms with E-state index in [4.69, 9.17) is 24.4 Å². The van der Waals surface area contributed by atoms with E-state index in [1.54, 1.807) is 20.4 Å². The molecule has 4 heterocycles. The summed E-state index contributed by atoms with van der Waals surface area (Å²) in [5, 5.41) is 8.82. The maximum Gasteiger partial charge on any atom is 0.209 e. The van der Waals surface area contributed by atoms with Gasteiger partial charge in [0.15, 0.2) is 5.16 Å². The van der Waals surface area contributed by atoms with Crippen molar-refractivity contribution >= 4 is 39.9 Å². The van der Waals surface area contributed by atoms with Crippen molar-refractivity contribution < 1.29 is 9.47 Å². The van der Waals surface area contributed by atoms with E-state index in [2.05, 4.69) is 32.2 Å². The van der Waals surface area contributed by atoms with Gasteiger partial charge in [-0.15, -0.1) is 0 Å². The summed E-state index contributed by atoms with van der Waals surface area (Å²) in [6, 6.07) is 22.0. The Labute approximate surface area is 242 Å². The molecule has 0 atom stereocenters. The average Bonchev–Trinajstić information content (AvgIpc) is 3.39. The van der Waals surface area contributed by atoms with Crippen LogP contribution in [-0.4, -0.2) is 44.8 Å². The number of anilines is 2. The largest absolute Gasteiger partial charge is 0.497 e. The van der Waals surface area contributed by atoms with Crippen molar-refractivity contribution in [2.75, 3.05) is 31.1 Å². The van der Waals surface area contributed by atoms with Gasteiger partial charge in [-0.3, -0.25) is 4.40 Å². The number of thioether (sulfide) groups is 1. The fraction of sp³-hybridized carbons (Fsp3) is 0.161. The van der Waals surface area contributed by atoms with Gasteiger partial charge in [0.2, 0.25) is 5.95 Å². The summed E-state index contributed by atoms with van der Waals surface area (Å²) in [5.41, 5.74) is 6.72. The molecule has 206 valence electrons. The van der Waals surface area contributed by atoms with Crippen molar-refractivity contribution in [1.82, 2.24) is 24.3 Å². The predicted molar refractivity (Wildman–Crippen MR) is 164 cm³/mol.